The van der Waals surface area contributed by atoms with Crippen LogP contribution < -0.4 is 0 Å². The van der Waals surface area contributed by atoms with Crippen LogP contribution in [0.4, 0.5) is 0 Å². The van der Waals surface area contributed by atoms with E-state index >= 15 is 0 Å². The van der Waals surface area contributed by atoms with E-state index in [9.17, 15) is 4.79 Å². The Hall–Kier alpha value is -2.25. The second-order valence-electron chi connectivity index (χ2n) is 5.04. The van der Waals surface area contributed by atoms with Crippen molar-refractivity contribution in [3.63, 3.8) is 0 Å². The van der Waals surface area contributed by atoms with Crippen molar-refractivity contribution in [2.45, 2.75) is 0 Å². The largest absolute Gasteiger partial charge is 0.378 e. The Morgan fingerprint density at radius 1 is 1.27 bits per heavy atom. The Morgan fingerprint density at radius 3 is 3.00 bits per heavy atom. The summed E-state index contributed by atoms with van der Waals surface area (Å²) in [7, 11) is 0. The minimum Gasteiger partial charge on any atom is -0.378 e. The Labute approximate surface area is 130 Å². The summed E-state index contributed by atoms with van der Waals surface area (Å²) in [5, 5.41) is 0. The van der Waals surface area contributed by atoms with Gasteiger partial charge in [0.25, 0.3) is 5.91 Å². The molecule has 0 bridgehead atoms. The minimum atomic E-state index is 0.0650. The van der Waals surface area contributed by atoms with Crippen LogP contribution in [0.1, 0.15) is 9.67 Å². The van der Waals surface area contributed by atoms with E-state index < -0.39 is 0 Å². The molecule has 7 heteroatoms. The number of carbonyl (C=O) groups is 1. The maximum atomic E-state index is 12.5. The van der Waals surface area contributed by atoms with Gasteiger partial charge in [-0.3, -0.25) is 4.79 Å². The van der Waals surface area contributed by atoms with Crippen LogP contribution in [0.5, 0.6) is 0 Å². The van der Waals surface area contributed by atoms with Crippen molar-refractivity contribution >= 4 is 28.4 Å². The zero-order valence-corrected chi connectivity index (χ0v) is 12.6. The molecule has 3 aromatic heterocycles. The number of rotatable bonds is 2. The fourth-order valence-electron chi connectivity index (χ4n) is 2.46. The summed E-state index contributed by atoms with van der Waals surface area (Å²) in [6, 6.07) is 5.68. The van der Waals surface area contributed by atoms with Crippen LogP contribution in [-0.2, 0) is 4.74 Å². The van der Waals surface area contributed by atoms with Crippen LogP contribution >= 0.6 is 11.3 Å². The first-order valence-electron chi connectivity index (χ1n) is 7.08. The van der Waals surface area contributed by atoms with Gasteiger partial charge >= 0.3 is 0 Å². The lowest BCUT2D eigenvalue weighted by Crippen LogP contribution is -2.40. The van der Waals surface area contributed by atoms with Crippen molar-refractivity contribution in [2.24, 2.45) is 0 Å². The highest BCUT2D eigenvalue weighted by Gasteiger charge is 2.20. The molecule has 0 aliphatic carbocycles. The highest BCUT2D eigenvalue weighted by Crippen LogP contribution is 2.28. The summed E-state index contributed by atoms with van der Waals surface area (Å²) in [4.78, 5) is 27.9. The SMILES string of the molecule is O=C(c1ccc(-c2cnc3[nH]ccc3n2)s1)N1CCOCC1. The van der Waals surface area contributed by atoms with Crippen molar-refractivity contribution in [3.8, 4) is 10.6 Å². The van der Waals surface area contributed by atoms with E-state index in [0.29, 0.717) is 26.3 Å². The highest BCUT2D eigenvalue weighted by molar-refractivity contribution is 7.17. The van der Waals surface area contributed by atoms with Crippen LogP contribution in [-0.4, -0.2) is 52.1 Å². The Morgan fingerprint density at radius 2 is 2.14 bits per heavy atom. The number of nitrogens with zero attached hydrogens (tertiary/aromatic N) is 3. The topological polar surface area (TPSA) is 71.1 Å². The van der Waals surface area contributed by atoms with Gasteiger partial charge in [0.15, 0.2) is 5.65 Å². The molecule has 1 saturated heterocycles. The van der Waals surface area contributed by atoms with Crippen LogP contribution in [0.25, 0.3) is 21.7 Å². The second-order valence-corrected chi connectivity index (χ2v) is 6.12. The molecule has 0 unspecified atom stereocenters. The lowest BCUT2D eigenvalue weighted by atomic mass is 10.3. The number of ether oxygens (including phenoxy) is 1. The molecular formula is C15H14N4O2S. The van der Waals surface area contributed by atoms with E-state index in [1.165, 1.54) is 11.3 Å². The summed E-state index contributed by atoms with van der Waals surface area (Å²) in [5.74, 6) is 0.0650. The number of H-pyrrole nitrogens is 1. The third kappa shape index (κ3) is 2.38. The number of aromatic nitrogens is 3. The molecule has 0 radical (unpaired) electrons. The van der Waals surface area contributed by atoms with Gasteiger partial charge in [0.05, 0.1) is 34.9 Å². The second kappa shape index (κ2) is 5.51. The first-order chi connectivity index (χ1) is 10.8. The average Bonchev–Trinajstić information content (AvgIpc) is 3.23. The molecule has 0 atom stereocenters. The molecule has 1 aliphatic heterocycles. The maximum absolute atomic E-state index is 12.5. The molecule has 1 amide bonds. The Balaban J connectivity index is 1.61. The van der Waals surface area contributed by atoms with Gasteiger partial charge in [-0.15, -0.1) is 11.3 Å². The first-order valence-corrected chi connectivity index (χ1v) is 7.90. The minimum absolute atomic E-state index is 0.0650. The monoisotopic (exact) mass is 314 g/mol. The maximum Gasteiger partial charge on any atom is 0.264 e. The van der Waals surface area contributed by atoms with Gasteiger partial charge < -0.3 is 14.6 Å². The number of fused-ring (bicyclic) bond motifs is 1. The summed E-state index contributed by atoms with van der Waals surface area (Å²) in [6.45, 7) is 2.53. The van der Waals surface area contributed by atoms with Crippen molar-refractivity contribution in [1.29, 1.82) is 0 Å². The van der Waals surface area contributed by atoms with Crippen molar-refractivity contribution in [3.05, 3.63) is 35.5 Å². The van der Waals surface area contributed by atoms with Gasteiger partial charge in [-0.25, -0.2) is 9.97 Å². The molecule has 0 aromatic carbocycles. The summed E-state index contributed by atoms with van der Waals surface area (Å²) in [5.41, 5.74) is 2.38. The number of hydrogen-bond acceptors (Lipinski definition) is 5. The molecule has 3 aromatic rings. The predicted octanol–water partition coefficient (Wildman–Crippen LogP) is 2.16. The molecule has 112 valence electrons. The molecule has 22 heavy (non-hydrogen) atoms. The fraction of sp³-hybridized carbons (Fsp3) is 0.267. The smallest absolute Gasteiger partial charge is 0.264 e. The lowest BCUT2D eigenvalue weighted by molar-refractivity contribution is 0.0306. The molecule has 1 aliphatic rings. The molecule has 6 nitrogen and oxygen atoms in total. The van der Waals surface area contributed by atoms with Gasteiger partial charge in [-0.05, 0) is 18.2 Å². The number of amides is 1. The van der Waals surface area contributed by atoms with Crippen molar-refractivity contribution < 1.29 is 9.53 Å². The molecule has 1 fully saturated rings. The number of thiophene rings is 1. The number of carbonyl (C=O) groups excluding carboxylic acids is 1. The predicted molar refractivity (Wildman–Crippen MR) is 83.9 cm³/mol. The molecule has 1 N–H and O–H groups in total. The van der Waals surface area contributed by atoms with E-state index in [1.54, 1.807) is 6.20 Å². The summed E-state index contributed by atoms with van der Waals surface area (Å²) < 4.78 is 5.28. The standard InChI is InChI=1S/C15H14N4O2S/c20-15(19-5-7-21-8-6-19)13-2-1-12(22-13)11-9-17-14-10(18-11)3-4-16-14/h1-4,9H,5-8H2,(H,16,17). The van der Waals surface area contributed by atoms with E-state index in [1.807, 2.05) is 29.3 Å². The Bertz CT molecular complexity index is 820. The van der Waals surface area contributed by atoms with E-state index in [-0.39, 0.29) is 5.91 Å². The van der Waals surface area contributed by atoms with Crippen LogP contribution in [0, 0.1) is 0 Å². The molecular weight excluding hydrogens is 300 g/mol. The molecule has 4 rings (SSSR count). The van der Waals surface area contributed by atoms with Gasteiger partial charge in [-0.1, -0.05) is 0 Å². The number of hydrogen-bond donors (Lipinski definition) is 1. The van der Waals surface area contributed by atoms with Crippen LogP contribution in [0.2, 0.25) is 0 Å². The summed E-state index contributed by atoms with van der Waals surface area (Å²) in [6.07, 6.45) is 3.55. The molecule has 0 spiro atoms. The first kappa shape index (κ1) is 13.4. The fourth-order valence-corrected chi connectivity index (χ4v) is 3.39. The molecule has 0 saturated carbocycles. The van der Waals surface area contributed by atoms with E-state index in [0.717, 1.165) is 26.6 Å². The van der Waals surface area contributed by atoms with Crippen molar-refractivity contribution in [1.82, 2.24) is 19.9 Å². The zero-order valence-electron chi connectivity index (χ0n) is 11.8. The van der Waals surface area contributed by atoms with Gasteiger partial charge in [0.2, 0.25) is 0 Å². The van der Waals surface area contributed by atoms with Gasteiger partial charge in [0, 0.05) is 19.3 Å². The number of morpholine rings is 1. The van der Waals surface area contributed by atoms with E-state index in [4.69, 9.17) is 4.74 Å². The zero-order chi connectivity index (χ0) is 14.9. The van der Waals surface area contributed by atoms with Crippen LogP contribution in [0.15, 0.2) is 30.6 Å². The highest BCUT2D eigenvalue weighted by atomic mass is 32.1. The normalized spacial score (nSPS) is 15.4. The third-order valence-electron chi connectivity index (χ3n) is 3.63. The third-order valence-corrected chi connectivity index (χ3v) is 4.72. The Kier molecular flexibility index (Phi) is 3.36. The van der Waals surface area contributed by atoms with E-state index in [2.05, 4.69) is 15.0 Å². The number of aromatic amines is 1. The van der Waals surface area contributed by atoms with Crippen LogP contribution in [0.3, 0.4) is 0 Å². The van der Waals surface area contributed by atoms with Gasteiger partial charge in [-0.2, -0.15) is 0 Å². The quantitative estimate of drug-likeness (QED) is 0.787. The average molecular weight is 314 g/mol. The molecule has 4 heterocycles. The van der Waals surface area contributed by atoms with Crippen molar-refractivity contribution in [2.75, 3.05) is 26.3 Å². The summed E-state index contributed by atoms with van der Waals surface area (Å²) >= 11 is 1.45. The lowest BCUT2D eigenvalue weighted by Gasteiger charge is -2.26. The van der Waals surface area contributed by atoms with Gasteiger partial charge in [0.1, 0.15) is 5.52 Å². The number of nitrogens with one attached hydrogen (secondary N) is 1.